The molecule has 1 heterocycles. The number of hydrogen-bond acceptors (Lipinski definition) is 5. The number of aromatic nitrogens is 2. The topological polar surface area (TPSA) is 61.0 Å². The lowest BCUT2D eigenvalue weighted by molar-refractivity contribution is 0.416. The van der Waals surface area contributed by atoms with Gasteiger partial charge in [0.25, 0.3) is 0 Å². The molecule has 0 aliphatic rings. The molecule has 0 fully saturated rings. The third-order valence-corrected chi connectivity index (χ3v) is 3.57. The van der Waals surface area contributed by atoms with Crippen molar-refractivity contribution in [1.29, 1.82) is 0 Å². The Morgan fingerprint density at radius 1 is 1.35 bits per heavy atom. The maximum atomic E-state index is 5.78. The summed E-state index contributed by atoms with van der Waals surface area (Å²) >= 11 is 1.51. The molecular formula is C12H15N3OS. The van der Waals surface area contributed by atoms with Gasteiger partial charge in [-0.2, -0.15) is 0 Å². The zero-order chi connectivity index (χ0) is 12.4. The largest absolute Gasteiger partial charge is 0.496 e. The highest BCUT2D eigenvalue weighted by atomic mass is 32.1. The summed E-state index contributed by atoms with van der Waals surface area (Å²) in [6, 6.07) is 5.91. The van der Waals surface area contributed by atoms with Gasteiger partial charge in [0.15, 0.2) is 5.01 Å². The van der Waals surface area contributed by atoms with E-state index in [0.29, 0.717) is 0 Å². The maximum absolute atomic E-state index is 5.78. The summed E-state index contributed by atoms with van der Waals surface area (Å²) in [7, 11) is 1.65. The van der Waals surface area contributed by atoms with Crippen molar-refractivity contribution in [2.24, 2.45) is 5.73 Å². The zero-order valence-electron chi connectivity index (χ0n) is 10.1. The van der Waals surface area contributed by atoms with Gasteiger partial charge in [0, 0.05) is 0 Å². The summed E-state index contributed by atoms with van der Waals surface area (Å²) in [5.74, 6) is 0.808. The van der Waals surface area contributed by atoms with Crippen molar-refractivity contribution in [2.45, 2.75) is 19.9 Å². The minimum absolute atomic E-state index is 0.0861. The van der Waals surface area contributed by atoms with E-state index in [-0.39, 0.29) is 6.04 Å². The highest BCUT2D eigenvalue weighted by Gasteiger charge is 2.13. The number of hydrogen-bond donors (Lipinski definition) is 1. The lowest BCUT2D eigenvalue weighted by Crippen LogP contribution is -2.03. The molecule has 1 atom stereocenters. The van der Waals surface area contributed by atoms with E-state index in [2.05, 4.69) is 10.2 Å². The van der Waals surface area contributed by atoms with Crippen molar-refractivity contribution in [3.63, 3.8) is 0 Å². The van der Waals surface area contributed by atoms with Gasteiger partial charge in [-0.15, -0.1) is 10.2 Å². The van der Waals surface area contributed by atoms with Crippen LogP contribution in [-0.4, -0.2) is 17.3 Å². The van der Waals surface area contributed by atoms with Crippen LogP contribution in [0.25, 0.3) is 10.6 Å². The average Bonchev–Trinajstić information content (AvgIpc) is 2.78. The van der Waals surface area contributed by atoms with Gasteiger partial charge in [0.05, 0.1) is 18.7 Å². The maximum Gasteiger partial charge on any atom is 0.151 e. The Labute approximate surface area is 104 Å². The van der Waals surface area contributed by atoms with Crippen molar-refractivity contribution < 1.29 is 4.74 Å². The van der Waals surface area contributed by atoms with Crippen LogP contribution in [0.1, 0.15) is 23.5 Å². The molecule has 0 aliphatic heterocycles. The third-order valence-electron chi connectivity index (χ3n) is 2.42. The Morgan fingerprint density at radius 3 is 2.71 bits per heavy atom. The number of nitrogens with zero attached hydrogens (tertiary/aromatic N) is 2. The molecule has 0 amide bonds. The van der Waals surface area contributed by atoms with Gasteiger partial charge in [-0.05, 0) is 26.0 Å². The first-order valence-corrected chi connectivity index (χ1v) is 6.17. The normalized spacial score (nSPS) is 12.5. The fraction of sp³-hybridized carbons (Fsp3) is 0.333. The Morgan fingerprint density at radius 2 is 2.12 bits per heavy atom. The van der Waals surface area contributed by atoms with Gasteiger partial charge in [0.2, 0.25) is 0 Å². The van der Waals surface area contributed by atoms with Gasteiger partial charge in [-0.3, -0.25) is 0 Å². The highest BCUT2D eigenvalue weighted by molar-refractivity contribution is 7.14. The molecule has 5 heteroatoms. The van der Waals surface area contributed by atoms with E-state index in [1.807, 2.05) is 32.0 Å². The summed E-state index contributed by atoms with van der Waals surface area (Å²) in [5, 5.41) is 9.93. The summed E-state index contributed by atoms with van der Waals surface area (Å²) in [6.45, 7) is 3.94. The molecule has 2 rings (SSSR count). The number of benzene rings is 1. The molecule has 1 aromatic heterocycles. The van der Waals surface area contributed by atoms with Crippen molar-refractivity contribution in [3.8, 4) is 16.3 Å². The molecule has 1 unspecified atom stereocenters. The van der Waals surface area contributed by atoms with Crippen LogP contribution in [0.4, 0.5) is 0 Å². The van der Waals surface area contributed by atoms with E-state index < -0.39 is 0 Å². The van der Waals surface area contributed by atoms with Crippen molar-refractivity contribution in [3.05, 3.63) is 28.8 Å². The smallest absolute Gasteiger partial charge is 0.151 e. The van der Waals surface area contributed by atoms with E-state index in [1.165, 1.54) is 16.9 Å². The first-order chi connectivity index (χ1) is 8.11. The zero-order valence-corrected chi connectivity index (χ0v) is 10.9. The fourth-order valence-corrected chi connectivity index (χ4v) is 2.33. The second-order valence-corrected chi connectivity index (χ2v) is 4.95. The van der Waals surface area contributed by atoms with Crippen LogP contribution < -0.4 is 10.5 Å². The fourth-order valence-electron chi connectivity index (χ4n) is 1.52. The molecular weight excluding hydrogens is 234 g/mol. The lowest BCUT2D eigenvalue weighted by Gasteiger charge is -2.06. The molecule has 0 saturated heterocycles. The Kier molecular flexibility index (Phi) is 3.40. The molecule has 90 valence electrons. The molecule has 0 saturated carbocycles. The predicted molar refractivity (Wildman–Crippen MR) is 69.2 cm³/mol. The Bertz CT molecular complexity index is 522. The molecule has 0 spiro atoms. The number of ether oxygens (including phenoxy) is 1. The van der Waals surface area contributed by atoms with Crippen LogP contribution in [0.5, 0.6) is 5.75 Å². The molecule has 17 heavy (non-hydrogen) atoms. The first kappa shape index (κ1) is 12.0. The van der Waals surface area contributed by atoms with Gasteiger partial charge < -0.3 is 10.5 Å². The van der Waals surface area contributed by atoms with Crippen molar-refractivity contribution in [1.82, 2.24) is 10.2 Å². The average molecular weight is 249 g/mol. The molecule has 0 aliphatic carbocycles. The van der Waals surface area contributed by atoms with Crippen LogP contribution in [0.15, 0.2) is 18.2 Å². The minimum Gasteiger partial charge on any atom is -0.496 e. The standard InChI is InChI=1S/C12H15N3OS/c1-7-4-5-10(16-3)9(6-7)12-15-14-11(17-12)8(2)13/h4-6,8H,13H2,1-3H3. The SMILES string of the molecule is COc1ccc(C)cc1-c1nnc(C(C)N)s1. The van der Waals surface area contributed by atoms with Crippen LogP contribution >= 0.6 is 11.3 Å². The number of aryl methyl sites for hydroxylation is 1. The second-order valence-electron chi connectivity index (χ2n) is 3.94. The van der Waals surface area contributed by atoms with Gasteiger partial charge in [-0.25, -0.2) is 0 Å². The van der Waals surface area contributed by atoms with Crippen LogP contribution in [0, 0.1) is 6.92 Å². The molecule has 0 bridgehead atoms. The van der Waals surface area contributed by atoms with E-state index in [1.54, 1.807) is 7.11 Å². The predicted octanol–water partition coefficient (Wildman–Crippen LogP) is 2.54. The second kappa shape index (κ2) is 4.81. The van der Waals surface area contributed by atoms with E-state index in [4.69, 9.17) is 10.5 Å². The third kappa shape index (κ3) is 2.45. The van der Waals surface area contributed by atoms with Gasteiger partial charge >= 0.3 is 0 Å². The van der Waals surface area contributed by atoms with Crippen LogP contribution in [0.3, 0.4) is 0 Å². The molecule has 2 aromatic rings. The number of methoxy groups -OCH3 is 1. The van der Waals surface area contributed by atoms with Crippen molar-refractivity contribution in [2.75, 3.05) is 7.11 Å². The minimum atomic E-state index is -0.0861. The number of rotatable bonds is 3. The van der Waals surface area contributed by atoms with Crippen molar-refractivity contribution >= 4 is 11.3 Å². The first-order valence-electron chi connectivity index (χ1n) is 5.36. The van der Waals surface area contributed by atoms with E-state index in [9.17, 15) is 0 Å². The summed E-state index contributed by atoms with van der Waals surface area (Å²) in [6.07, 6.45) is 0. The Balaban J connectivity index is 2.47. The molecule has 2 N–H and O–H groups in total. The summed E-state index contributed by atoms with van der Waals surface area (Å²) < 4.78 is 5.33. The van der Waals surface area contributed by atoms with E-state index >= 15 is 0 Å². The quantitative estimate of drug-likeness (QED) is 0.908. The van der Waals surface area contributed by atoms with Crippen LogP contribution in [-0.2, 0) is 0 Å². The van der Waals surface area contributed by atoms with E-state index in [0.717, 1.165) is 21.3 Å². The number of nitrogens with two attached hydrogens (primary N) is 1. The molecule has 4 nitrogen and oxygen atoms in total. The summed E-state index contributed by atoms with van der Waals surface area (Å²) in [5.41, 5.74) is 7.92. The molecule has 1 aromatic carbocycles. The van der Waals surface area contributed by atoms with Gasteiger partial charge in [-0.1, -0.05) is 23.0 Å². The Hall–Kier alpha value is -1.46. The highest BCUT2D eigenvalue weighted by Crippen LogP contribution is 2.33. The summed E-state index contributed by atoms with van der Waals surface area (Å²) in [4.78, 5) is 0. The lowest BCUT2D eigenvalue weighted by atomic mass is 10.1. The van der Waals surface area contributed by atoms with Gasteiger partial charge in [0.1, 0.15) is 10.8 Å². The monoisotopic (exact) mass is 249 g/mol. The molecule has 0 radical (unpaired) electrons. The van der Waals surface area contributed by atoms with Crippen LogP contribution in [0.2, 0.25) is 0 Å².